The Morgan fingerprint density at radius 3 is 2.27 bits per heavy atom. The summed E-state index contributed by atoms with van der Waals surface area (Å²) in [7, 11) is 0. The molecule has 30 heavy (non-hydrogen) atoms. The minimum Gasteiger partial charge on any atom is -0.395 e. The van der Waals surface area contributed by atoms with E-state index in [0.717, 1.165) is 11.1 Å². The van der Waals surface area contributed by atoms with Crippen LogP contribution in [-0.2, 0) is 4.79 Å². The van der Waals surface area contributed by atoms with E-state index in [1.165, 1.54) is 18.2 Å². The van der Waals surface area contributed by atoms with Crippen LogP contribution >= 0.6 is 0 Å². The first kappa shape index (κ1) is 20.8. The molecule has 0 aliphatic rings. The van der Waals surface area contributed by atoms with Gasteiger partial charge >= 0.3 is 0 Å². The monoisotopic (exact) mass is 406 g/mol. The fourth-order valence-electron chi connectivity index (χ4n) is 2.89. The van der Waals surface area contributed by atoms with Crippen molar-refractivity contribution in [1.29, 1.82) is 0 Å². The molecule has 3 aromatic carbocycles. The highest BCUT2D eigenvalue weighted by molar-refractivity contribution is 5.94. The molecular formula is C22H22N4O4. The molecule has 3 rings (SSSR count). The molecule has 0 heterocycles. The quantitative estimate of drug-likeness (QED) is 0.318. The van der Waals surface area contributed by atoms with Gasteiger partial charge in [0, 0.05) is 24.4 Å². The minimum atomic E-state index is -0.505. The van der Waals surface area contributed by atoms with Crippen molar-refractivity contribution < 1.29 is 14.8 Å². The maximum Gasteiger partial charge on any atom is 0.271 e. The third-order valence-electron chi connectivity index (χ3n) is 4.36. The standard InChI is InChI=1S/C22H22N4O4/c27-13-12-23-20-11-10-19(26(29)30)14-21(20)24-15-22(28)25-18-8-6-17(7-9-18)16-4-2-1-3-5-16/h1-11,14,23-24,27H,12-13,15H2,(H,25,28). The van der Waals surface area contributed by atoms with Gasteiger partial charge in [-0.3, -0.25) is 14.9 Å². The smallest absolute Gasteiger partial charge is 0.271 e. The molecule has 0 saturated heterocycles. The number of carbonyl (C=O) groups is 1. The van der Waals surface area contributed by atoms with Crippen molar-refractivity contribution in [3.63, 3.8) is 0 Å². The van der Waals surface area contributed by atoms with E-state index in [-0.39, 0.29) is 31.3 Å². The first-order chi connectivity index (χ1) is 14.6. The number of aliphatic hydroxyl groups is 1. The normalized spacial score (nSPS) is 10.3. The molecular weight excluding hydrogens is 384 g/mol. The Morgan fingerprint density at radius 2 is 1.60 bits per heavy atom. The van der Waals surface area contributed by atoms with Crippen molar-refractivity contribution in [3.05, 3.63) is 82.9 Å². The molecule has 8 heteroatoms. The zero-order chi connectivity index (χ0) is 21.3. The second-order valence-electron chi connectivity index (χ2n) is 6.48. The van der Waals surface area contributed by atoms with Gasteiger partial charge in [-0.2, -0.15) is 0 Å². The lowest BCUT2D eigenvalue weighted by Crippen LogP contribution is -2.22. The second kappa shape index (κ2) is 10.0. The van der Waals surface area contributed by atoms with Gasteiger partial charge in [0.25, 0.3) is 5.69 Å². The summed E-state index contributed by atoms with van der Waals surface area (Å²) in [5, 5.41) is 28.7. The lowest BCUT2D eigenvalue weighted by molar-refractivity contribution is -0.384. The van der Waals surface area contributed by atoms with Crippen LogP contribution in [0.1, 0.15) is 0 Å². The molecule has 0 radical (unpaired) electrons. The molecule has 4 N–H and O–H groups in total. The Kier molecular flexibility index (Phi) is 6.96. The average Bonchev–Trinajstić information content (AvgIpc) is 2.77. The van der Waals surface area contributed by atoms with Gasteiger partial charge < -0.3 is 21.1 Å². The van der Waals surface area contributed by atoms with Gasteiger partial charge in [0.2, 0.25) is 5.91 Å². The first-order valence-corrected chi connectivity index (χ1v) is 9.39. The van der Waals surface area contributed by atoms with Crippen LogP contribution in [0.3, 0.4) is 0 Å². The number of anilines is 3. The fraction of sp³-hybridized carbons (Fsp3) is 0.136. The number of rotatable bonds is 9. The van der Waals surface area contributed by atoms with Crippen molar-refractivity contribution in [2.75, 3.05) is 35.6 Å². The van der Waals surface area contributed by atoms with Crippen LogP contribution in [0.25, 0.3) is 11.1 Å². The minimum absolute atomic E-state index is 0.0740. The molecule has 0 spiro atoms. The highest BCUT2D eigenvalue weighted by Gasteiger charge is 2.12. The molecule has 1 amide bonds. The number of non-ortho nitro benzene ring substituents is 1. The maximum absolute atomic E-state index is 12.3. The average molecular weight is 406 g/mol. The number of nitrogens with zero attached hydrogens (tertiary/aromatic N) is 1. The van der Waals surface area contributed by atoms with Gasteiger partial charge in [0.1, 0.15) is 0 Å². The summed E-state index contributed by atoms with van der Waals surface area (Å²) < 4.78 is 0. The van der Waals surface area contributed by atoms with Crippen LogP contribution < -0.4 is 16.0 Å². The number of aliphatic hydroxyl groups excluding tert-OH is 1. The van der Waals surface area contributed by atoms with Gasteiger partial charge in [0.05, 0.1) is 29.4 Å². The molecule has 0 bridgehead atoms. The van der Waals surface area contributed by atoms with Gasteiger partial charge in [0.15, 0.2) is 0 Å². The Balaban J connectivity index is 1.62. The zero-order valence-electron chi connectivity index (χ0n) is 16.2. The van der Waals surface area contributed by atoms with E-state index >= 15 is 0 Å². The van der Waals surface area contributed by atoms with Crippen molar-refractivity contribution in [2.24, 2.45) is 0 Å². The molecule has 8 nitrogen and oxygen atoms in total. The maximum atomic E-state index is 12.3. The van der Waals surface area contributed by atoms with Crippen molar-refractivity contribution in [3.8, 4) is 11.1 Å². The topological polar surface area (TPSA) is 117 Å². The molecule has 0 aliphatic carbocycles. The third kappa shape index (κ3) is 5.55. The highest BCUT2D eigenvalue weighted by atomic mass is 16.6. The van der Waals surface area contributed by atoms with Crippen LogP contribution in [0, 0.1) is 10.1 Å². The SMILES string of the molecule is O=C(CNc1cc([N+](=O)[O-])ccc1NCCO)Nc1ccc(-c2ccccc2)cc1. The lowest BCUT2D eigenvalue weighted by atomic mass is 10.1. The van der Waals surface area contributed by atoms with Crippen LogP contribution in [0.15, 0.2) is 72.8 Å². The van der Waals surface area contributed by atoms with Crippen LogP contribution in [0.4, 0.5) is 22.7 Å². The summed E-state index contributed by atoms with van der Waals surface area (Å²) in [6.07, 6.45) is 0. The molecule has 0 aromatic heterocycles. The molecule has 0 unspecified atom stereocenters. The van der Waals surface area contributed by atoms with Crippen molar-refractivity contribution >= 4 is 28.7 Å². The Hall–Kier alpha value is -3.91. The van der Waals surface area contributed by atoms with Gasteiger partial charge in [-0.25, -0.2) is 0 Å². The number of hydrogen-bond acceptors (Lipinski definition) is 6. The summed E-state index contributed by atoms with van der Waals surface area (Å²) in [6, 6.07) is 21.7. The molecule has 0 saturated carbocycles. The van der Waals surface area contributed by atoms with Crippen LogP contribution in [-0.4, -0.2) is 35.6 Å². The fourth-order valence-corrected chi connectivity index (χ4v) is 2.89. The molecule has 0 fully saturated rings. The van der Waals surface area contributed by atoms with Crippen LogP contribution in [0.2, 0.25) is 0 Å². The molecule has 3 aromatic rings. The number of amides is 1. The number of nitro benzene ring substituents is 1. The first-order valence-electron chi connectivity index (χ1n) is 9.39. The summed E-state index contributed by atoms with van der Waals surface area (Å²) in [6.45, 7) is 0.123. The summed E-state index contributed by atoms with van der Waals surface area (Å²) in [4.78, 5) is 22.8. The highest BCUT2D eigenvalue weighted by Crippen LogP contribution is 2.27. The van der Waals surface area contributed by atoms with Crippen LogP contribution in [0.5, 0.6) is 0 Å². The van der Waals surface area contributed by atoms with E-state index in [1.807, 2.05) is 54.6 Å². The number of carbonyl (C=O) groups excluding carboxylic acids is 1. The molecule has 0 aliphatic heterocycles. The van der Waals surface area contributed by atoms with E-state index in [2.05, 4.69) is 16.0 Å². The van der Waals surface area contributed by atoms with Gasteiger partial charge in [-0.1, -0.05) is 42.5 Å². The Bertz CT molecular complexity index is 1010. The summed E-state index contributed by atoms with van der Waals surface area (Å²) in [5.74, 6) is -0.290. The van der Waals surface area contributed by atoms with E-state index < -0.39 is 4.92 Å². The predicted octanol–water partition coefficient (Wildman–Crippen LogP) is 3.72. The molecule has 0 atom stereocenters. The van der Waals surface area contributed by atoms with E-state index in [0.29, 0.717) is 17.1 Å². The second-order valence-corrected chi connectivity index (χ2v) is 6.48. The predicted molar refractivity (Wildman–Crippen MR) is 118 cm³/mol. The van der Waals surface area contributed by atoms with E-state index in [4.69, 9.17) is 5.11 Å². The Labute approximate surface area is 173 Å². The lowest BCUT2D eigenvalue weighted by Gasteiger charge is -2.13. The van der Waals surface area contributed by atoms with Gasteiger partial charge in [-0.05, 0) is 29.3 Å². The zero-order valence-corrected chi connectivity index (χ0v) is 16.2. The van der Waals surface area contributed by atoms with Crippen molar-refractivity contribution in [1.82, 2.24) is 0 Å². The number of nitro groups is 1. The summed E-state index contributed by atoms with van der Waals surface area (Å²) >= 11 is 0. The van der Waals surface area contributed by atoms with Crippen molar-refractivity contribution in [2.45, 2.75) is 0 Å². The van der Waals surface area contributed by atoms with Gasteiger partial charge in [-0.15, -0.1) is 0 Å². The third-order valence-corrected chi connectivity index (χ3v) is 4.36. The number of nitrogens with one attached hydrogen (secondary N) is 3. The largest absolute Gasteiger partial charge is 0.395 e. The number of hydrogen-bond donors (Lipinski definition) is 4. The van der Waals surface area contributed by atoms with E-state index in [1.54, 1.807) is 0 Å². The van der Waals surface area contributed by atoms with E-state index in [9.17, 15) is 14.9 Å². The molecule has 154 valence electrons. The summed E-state index contributed by atoms with van der Waals surface area (Å²) in [5.41, 5.74) is 3.67. The number of benzene rings is 3. The Morgan fingerprint density at radius 1 is 0.900 bits per heavy atom.